The third-order valence-corrected chi connectivity index (χ3v) is 5.81. The zero-order chi connectivity index (χ0) is 23.0. The van der Waals surface area contributed by atoms with Gasteiger partial charge in [0.2, 0.25) is 0 Å². The molecule has 5 heteroatoms. The monoisotopic (exact) mass is 443 g/mol. The van der Waals surface area contributed by atoms with E-state index >= 15 is 0 Å². The van der Waals surface area contributed by atoms with Gasteiger partial charge >= 0.3 is 0 Å². The fourth-order valence-corrected chi connectivity index (χ4v) is 3.93. The highest BCUT2D eigenvalue weighted by Crippen LogP contribution is 2.21. The van der Waals surface area contributed by atoms with Crippen LogP contribution in [-0.2, 0) is 6.54 Å². The van der Waals surface area contributed by atoms with E-state index < -0.39 is 0 Å². The van der Waals surface area contributed by atoms with Crippen molar-refractivity contribution in [1.82, 2.24) is 4.90 Å². The van der Waals surface area contributed by atoms with Crippen molar-refractivity contribution >= 4 is 17.3 Å². The maximum absolute atomic E-state index is 12.6. The molecule has 0 saturated carbocycles. The molecule has 0 atom stereocenters. The minimum absolute atomic E-state index is 0.118. The van der Waals surface area contributed by atoms with Gasteiger partial charge in [0.1, 0.15) is 5.75 Å². The molecule has 0 unspecified atom stereocenters. The SMILES string of the molecule is CC(C)COc1ccc(C(=O)Nc2ccc(N3CCN(Cc4ccccc4)CC3)cc2)cc1. The smallest absolute Gasteiger partial charge is 0.255 e. The van der Waals surface area contributed by atoms with E-state index in [0.717, 1.165) is 44.2 Å². The van der Waals surface area contributed by atoms with Crippen LogP contribution in [0.4, 0.5) is 11.4 Å². The molecule has 0 radical (unpaired) electrons. The number of ether oxygens (including phenoxy) is 1. The Labute approximate surface area is 197 Å². The lowest BCUT2D eigenvalue weighted by atomic mass is 10.1. The second-order valence-electron chi connectivity index (χ2n) is 8.98. The van der Waals surface area contributed by atoms with Crippen LogP contribution >= 0.6 is 0 Å². The summed E-state index contributed by atoms with van der Waals surface area (Å²) >= 11 is 0. The number of hydrogen-bond donors (Lipinski definition) is 1. The molecule has 0 aliphatic carbocycles. The zero-order valence-electron chi connectivity index (χ0n) is 19.5. The lowest BCUT2D eigenvalue weighted by Gasteiger charge is -2.36. The van der Waals surface area contributed by atoms with Crippen LogP contribution in [-0.4, -0.2) is 43.6 Å². The van der Waals surface area contributed by atoms with Crippen LogP contribution < -0.4 is 15.0 Å². The fourth-order valence-electron chi connectivity index (χ4n) is 3.93. The van der Waals surface area contributed by atoms with Gasteiger partial charge in [-0.2, -0.15) is 0 Å². The molecule has 1 aliphatic rings. The van der Waals surface area contributed by atoms with E-state index in [1.54, 1.807) is 12.1 Å². The summed E-state index contributed by atoms with van der Waals surface area (Å²) in [6.07, 6.45) is 0. The molecule has 3 aromatic rings. The van der Waals surface area contributed by atoms with Crippen molar-refractivity contribution in [3.8, 4) is 5.75 Å². The van der Waals surface area contributed by atoms with Gasteiger partial charge < -0.3 is 15.0 Å². The van der Waals surface area contributed by atoms with E-state index in [1.807, 2.05) is 24.3 Å². The second-order valence-corrected chi connectivity index (χ2v) is 8.98. The molecule has 1 fully saturated rings. The van der Waals surface area contributed by atoms with Crippen LogP contribution in [0.2, 0.25) is 0 Å². The number of nitrogens with zero attached hydrogens (tertiary/aromatic N) is 2. The third kappa shape index (κ3) is 6.59. The predicted octanol–water partition coefficient (Wildman–Crippen LogP) is 5.30. The highest BCUT2D eigenvalue weighted by atomic mass is 16.5. The van der Waals surface area contributed by atoms with Crippen LogP contribution in [0.1, 0.15) is 29.8 Å². The van der Waals surface area contributed by atoms with Crippen molar-refractivity contribution in [2.75, 3.05) is 43.0 Å². The predicted molar refractivity (Wildman–Crippen MR) is 135 cm³/mol. The Kier molecular flexibility index (Phi) is 7.63. The average molecular weight is 444 g/mol. The van der Waals surface area contributed by atoms with Gasteiger partial charge in [0.15, 0.2) is 0 Å². The molecular weight excluding hydrogens is 410 g/mol. The number of amides is 1. The average Bonchev–Trinajstić information content (AvgIpc) is 2.85. The summed E-state index contributed by atoms with van der Waals surface area (Å²) in [6, 6.07) is 26.1. The summed E-state index contributed by atoms with van der Waals surface area (Å²) in [7, 11) is 0. The molecule has 1 heterocycles. The van der Waals surface area contributed by atoms with E-state index in [-0.39, 0.29) is 5.91 Å². The minimum Gasteiger partial charge on any atom is -0.493 e. The number of anilines is 2. The lowest BCUT2D eigenvalue weighted by Crippen LogP contribution is -2.45. The van der Waals surface area contributed by atoms with E-state index in [1.165, 1.54) is 11.3 Å². The van der Waals surface area contributed by atoms with Crippen LogP contribution in [0.25, 0.3) is 0 Å². The molecule has 33 heavy (non-hydrogen) atoms. The summed E-state index contributed by atoms with van der Waals surface area (Å²) in [6.45, 7) is 9.99. The number of benzene rings is 3. The molecule has 4 rings (SSSR count). The van der Waals surface area contributed by atoms with Crippen LogP contribution in [0.3, 0.4) is 0 Å². The van der Waals surface area contributed by atoms with Crippen molar-refractivity contribution in [2.24, 2.45) is 5.92 Å². The van der Waals surface area contributed by atoms with Crippen molar-refractivity contribution in [3.63, 3.8) is 0 Å². The number of piperazine rings is 1. The third-order valence-electron chi connectivity index (χ3n) is 5.81. The Morgan fingerprint density at radius 2 is 1.55 bits per heavy atom. The first-order valence-electron chi connectivity index (χ1n) is 11.7. The molecule has 1 saturated heterocycles. The van der Waals surface area contributed by atoms with Gasteiger partial charge in [-0.25, -0.2) is 0 Å². The highest BCUT2D eigenvalue weighted by molar-refractivity contribution is 6.04. The normalized spacial score (nSPS) is 14.3. The largest absolute Gasteiger partial charge is 0.493 e. The summed E-state index contributed by atoms with van der Waals surface area (Å²) < 4.78 is 5.69. The van der Waals surface area contributed by atoms with Crippen molar-refractivity contribution in [2.45, 2.75) is 20.4 Å². The van der Waals surface area contributed by atoms with E-state index in [2.05, 4.69) is 71.4 Å². The van der Waals surface area contributed by atoms with Gasteiger partial charge in [-0.1, -0.05) is 44.2 Å². The van der Waals surface area contributed by atoms with Crippen molar-refractivity contribution in [3.05, 3.63) is 90.0 Å². The summed E-state index contributed by atoms with van der Waals surface area (Å²) in [5.74, 6) is 1.13. The maximum atomic E-state index is 12.6. The van der Waals surface area contributed by atoms with E-state index in [4.69, 9.17) is 4.74 Å². The number of nitrogens with one attached hydrogen (secondary N) is 1. The van der Waals surface area contributed by atoms with Gasteiger partial charge in [-0.05, 0) is 60.0 Å². The number of carbonyl (C=O) groups is 1. The lowest BCUT2D eigenvalue weighted by molar-refractivity contribution is 0.102. The van der Waals surface area contributed by atoms with Crippen LogP contribution in [0, 0.1) is 5.92 Å². The first kappa shape index (κ1) is 22.9. The number of carbonyl (C=O) groups excluding carboxylic acids is 1. The van der Waals surface area contributed by atoms with Gasteiger partial charge in [0.25, 0.3) is 5.91 Å². The van der Waals surface area contributed by atoms with E-state index in [0.29, 0.717) is 18.1 Å². The molecule has 1 N–H and O–H groups in total. The summed E-state index contributed by atoms with van der Waals surface area (Å²) in [4.78, 5) is 17.5. The van der Waals surface area contributed by atoms with Gasteiger partial charge in [0, 0.05) is 49.7 Å². The van der Waals surface area contributed by atoms with Gasteiger partial charge in [0.05, 0.1) is 6.61 Å². The molecule has 0 spiro atoms. The topological polar surface area (TPSA) is 44.8 Å². The Morgan fingerprint density at radius 3 is 2.18 bits per heavy atom. The molecule has 0 aromatic heterocycles. The van der Waals surface area contributed by atoms with Crippen molar-refractivity contribution in [1.29, 1.82) is 0 Å². The van der Waals surface area contributed by atoms with Crippen LogP contribution in [0.15, 0.2) is 78.9 Å². The van der Waals surface area contributed by atoms with E-state index in [9.17, 15) is 4.79 Å². The molecule has 1 amide bonds. The minimum atomic E-state index is -0.118. The summed E-state index contributed by atoms with van der Waals surface area (Å²) in [5, 5.41) is 2.99. The first-order chi connectivity index (χ1) is 16.1. The molecule has 172 valence electrons. The molecular formula is C28H33N3O2. The van der Waals surface area contributed by atoms with Gasteiger partial charge in [-0.3, -0.25) is 9.69 Å². The van der Waals surface area contributed by atoms with Crippen LogP contribution in [0.5, 0.6) is 5.75 Å². The molecule has 0 bridgehead atoms. The molecule has 5 nitrogen and oxygen atoms in total. The quantitative estimate of drug-likeness (QED) is 0.513. The summed E-state index contributed by atoms with van der Waals surface area (Å²) in [5.41, 5.74) is 3.97. The Balaban J connectivity index is 1.26. The first-order valence-corrected chi connectivity index (χ1v) is 11.7. The maximum Gasteiger partial charge on any atom is 0.255 e. The number of hydrogen-bond acceptors (Lipinski definition) is 4. The van der Waals surface area contributed by atoms with Gasteiger partial charge in [-0.15, -0.1) is 0 Å². The second kappa shape index (κ2) is 11.0. The fraction of sp³-hybridized carbons (Fsp3) is 0.321. The number of rotatable bonds is 8. The Bertz CT molecular complexity index is 1010. The Hall–Kier alpha value is -3.31. The molecule has 1 aliphatic heterocycles. The van der Waals surface area contributed by atoms with Crippen molar-refractivity contribution < 1.29 is 9.53 Å². The standard InChI is InChI=1S/C28H33N3O2/c1-22(2)21-33-27-14-8-24(9-15-27)28(32)29-25-10-12-26(13-11-25)31-18-16-30(17-19-31)20-23-6-4-3-5-7-23/h3-15,22H,16-21H2,1-2H3,(H,29,32). The molecule has 3 aromatic carbocycles. The highest BCUT2D eigenvalue weighted by Gasteiger charge is 2.17. The Morgan fingerprint density at radius 1 is 0.879 bits per heavy atom. The zero-order valence-corrected chi connectivity index (χ0v) is 19.5.